The van der Waals surface area contributed by atoms with E-state index in [9.17, 15) is 31.6 Å². The molecule has 0 spiro atoms. The van der Waals surface area contributed by atoms with Crippen LogP contribution in [0.3, 0.4) is 0 Å². The van der Waals surface area contributed by atoms with Crippen molar-refractivity contribution < 1.29 is 45.1 Å². The van der Waals surface area contributed by atoms with Crippen LogP contribution in [0.1, 0.15) is 48.0 Å². The van der Waals surface area contributed by atoms with Crippen molar-refractivity contribution in [2.75, 3.05) is 26.2 Å². The van der Waals surface area contributed by atoms with E-state index in [4.69, 9.17) is 9.31 Å². The van der Waals surface area contributed by atoms with Crippen LogP contribution in [0.5, 0.6) is 0 Å². The van der Waals surface area contributed by atoms with Gasteiger partial charge in [-0.05, 0) is 72.4 Å². The quantitative estimate of drug-likeness (QED) is 0.309. The molecule has 0 unspecified atom stereocenters. The van der Waals surface area contributed by atoms with Crippen molar-refractivity contribution in [2.24, 2.45) is 0 Å². The second-order valence-electron chi connectivity index (χ2n) is 9.77. The molecule has 0 atom stereocenters. The van der Waals surface area contributed by atoms with Crippen LogP contribution in [0.25, 0.3) is 0 Å². The van der Waals surface area contributed by atoms with Crippen molar-refractivity contribution in [1.82, 2.24) is 9.62 Å². The molecular formula is C20H38B3F3N2O7S. The molecule has 16 heteroatoms. The van der Waals surface area contributed by atoms with Gasteiger partial charge in [0.25, 0.3) is 0 Å². The smallest absolute Gasteiger partial charge is 0.437 e. The van der Waals surface area contributed by atoms with E-state index in [2.05, 4.69) is 38.0 Å². The second kappa shape index (κ2) is 12.2. The van der Waals surface area contributed by atoms with Crippen LogP contribution in [0.15, 0.2) is 23.4 Å². The summed E-state index contributed by atoms with van der Waals surface area (Å²) in [5.41, 5.74) is -4.78. The number of alkyl halides is 3. The predicted octanol–water partition coefficient (Wildman–Crippen LogP) is 2.55. The molecular weight excluding hydrogens is 502 g/mol. The topological polar surface area (TPSA) is 109 Å². The van der Waals surface area contributed by atoms with Crippen LogP contribution < -0.4 is 0 Å². The maximum absolute atomic E-state index is 12.0. The van der Waals surface area contributed by atoms with Crippen LogP contribution in [0.2, 0.25) is 13.6 Å². The molecule has 1 saturated heterocycles. The third-order valence-electron chi connectivity index (χ3n) is 6.59. The molecule has 0 aromatic carbocycles. The lowest BCUT2D eigenvalue weighted by atomic mass is 9.72. The zero-order valence-electron chi connectivity index (χ0n) is 21.0. The van der Waals surface area contributed by atoms with Gasteiger partial charge in [0.05, 0.1) is 11.2 Å². The Morgan fingerprint density at radius 3 is 1.75 bits per heavy atom. The summed E-state index contributed by atoms with van der Waals surface area (Å²) in [4.78, 5) is 3.57. The highest BCUT2D eigenvalue weighted by Crippen LogP contribution is 2.39. The average Bonchev–Trinajstić information content (AvgIpc) is 2.95. The van der Waals surface area contributed by atoms with Crippen molar-refractivity contribution in [2.45, 2.75) is 78.3 Å². The minimum atomic E-state index is -5.58. The van der Waals surface area contributed by atoms with Crippen LogP contribution >= 0.6 is 0 Å². The van der Waals surface area contributed by atoms with Gasteiger partial charge >= 0.3 is 36.8 Å². The van der Waals surface area contributed by atoms with E-state index >= 15 is 0 Å². The minimum absolute atomic E-state index is 0. The van der Waals surface area contributed by atoms with Crippen molar-refractivity contribution in [3.8, 4) is 0 Å². The Kier molecular flexibility index (Phi) is 11.2. The van der Waals surface area contributed by atoms with Crippen molar-refractivity contribution in [1.29, 1.82) is 0 Å². The van der Waals surface area contributed by atoms with Gasteiger partial charge in [-0.3, -0.25) is 0 Å². The van der Waals surface area contributed by atoms with Crippen LogP contribution in [0.4, 0.5) is 13.2 Å². The Balaban J connectivity index is 0.000000351. The summed E-state index contributed by atoms with van der Waals surface area (Å²) in [6.45, 7) is 13.6. The predicted molar refractivity (Wildman–Crippen MR) is 135 cm³/mol. The maximum Gasteiger partial charge on any atom is 0.534 e. The first-order valence-corrected chi connectivity index (χ1v) is 12.9. The van der Waals surface area contributed by atoms with Gasteiger partial charge in [-0.2, -0.15) is 21.6 Å². The lowest BCUT2D eigenvalue weighted by Gasteiger charge is -2.32. The van der Waals surface area contributed by atoms with Crippen LogP contribution in [-0.2, 0) is 23.6 Å². The zero-order chi connectivity index (χ0) is 26.8. The summed E-state index contributed by atoms with van der Waals surface area (Å²) in [6, 6.07) is 0. The Bertz CT molecular complexity index is 897. The maximum atomic E-state index is 12.0. The monoisotopic (exact) mass is 540 g/mol. The summed E-state index contributed by atoms with van der Waals surface area (Å²) in [5, 5.41) is 18.7. The number of hydrogen-bond acceptors (Lipinski definition) is 9. The van der Waals surface area contributed by atoms with E-state index in [1.807, 2.05) is 4.81 Å². The standard InChI is InChI=1S/C12H23B2NO3.C7H11BF3NO4S.CH4/c1-11(2)12(3,4)18-14(17-11)10-6-8-15(9-7-10)13(5)16;1-8(13)12-4-2-6(3-5-12)16-17(14,15)7(9,10)11;/h6,16H,7-9H2,1-5H3;2,13H,3-5H2,1H3;1H4. The molecule has 0 aromatic rings. The molecule has 2 N–H and O–H groups in total. The molecule has 3 aliphatic rings. The molecule has 9 nitrogen and oxygen atoms in total. The van der Waals surface area contributed by atoms with Crippen LogP contribution in [0, 0.1) is 0 Å². The lowest BCUT2D eigenvalue weighted by molar-refractivity contribution is -0.0524. The fourth-order valence-corrected chi connectivity index (χ4v) is 4.05. The summed E-state index contributed by atoms with van der Waals surface area (Å²) in [6.07, 6.45) is 4.22. The fourth-order valence-electron chi connectivity index (χ4n) is 3.52. The Labute approximate surface area is 214 Å². The van der Waals surface area contributed by atoms with Gasteiger partial charge in [0.15, 0.2) is 0 Å². The molecule has 0 bridgehead atoms. The van der Waals surface area contributed by atoms with Gasteiger partial charge in [-0.25, -0.2) is 0 Å². The van der Waals surface area contributed by atoms with Gasteiger partial charge in [-0.15, -0.1) is 0 Å². The van der Waals surface area contributed by atoms with E-state index in [0.29, 0.717) is 0 Å². The van der Waals surface area contributed by atoms with Crippen LogP contribution in [-0.4, -0.2) is 92.2 Å². The Morgan fingerprint density at radius 1 is 0.972 bits per heavy atom. The van der Waals surface area contributed by atoms with Crippen molar-refractivity contribution >= 4 is 31.3 Å². The molecule has 0 radical (unpaired) electrons. The molecule has 3 heterocycles. The van der Waals surface area contributed by atoms with Crippen molar-refractivity contribution in [3.63, 3.8) is 0 Å². The Morgan fingerprint density at radius 2 is 1.42 bits per heavy atom. The first kappa shape index (κ1) is 33.0. The molecule has 206 valence electrons. The summed E-state index contributed by atoms with van der Waals surface area (Å²) < 4.78 is 73.4. The summed E-state index contributed by atoms with van der Waals surface area (Å²) in [5.74, 6) is -0.251. The SMILES string of the molecule is C.CB(O)N1CC=C(B2OC(C)(C)C(C)(C)O2)CC1.CB(O)N1CC=C(OS(=O)(=O)C(F)(F)F)CC1. The summed E-state index contributed by atoms with van der Waals surface area (Å²) in [7, 11) is -6.95. The van der Waals surface area contributed by atoms with E-state index in [-0.39, 0.29) is 58.1 Å². The second-order valence-corrected chi connectivity index (χ2v) is 11.3. The first-order chi connectivity index (χ1) is 15.9. The molecule has 36 heavy (non-hydrogen) atoms. The highest BCUT2D eigenvalue weighted by molar-refractivity contribution is 7.87. The van der Waals surface area contributed by atoms with Gasteiger partial charge in [-0.1, -0.05) is 13.5 Å². The first-order valence-electron chi connectivity index (χ1n) is 11.4. The van der Waals surface area contributed by atoms with E-state index < -0.39 is 22.7 Å². The van der Waals surface area contributed by atoms with Gasteiger partial charge in [0.2, 0.25) is 0 Å². The summed E-state index contributed by atoms with van der Waals surface area (Å²) >= 11 is 0. The molecule has 0 amide bonds. The minimum Gasteiger partial charge on any atom is -0.437 e. The largest absolute Gasteiger partial charge is 0.534 e. The van der Waals surface area contributed by atoms with Crippen molar-refractivity contribution in [3.05, 3.63) is 23.4 Å². The third-order valence-corrected chi connectivity index (χ3v) is 7.59. The molecule has 3 aliphatic heterocycles. The molecule has 0 saturated carbocycles. The average molecular weight is 540 g/mol. The lowest BCUT2D eigenvalue weighted by Crippen LogP contribution is -2.41. The number of halogens is 3. The normalized spacial score (nSPS) is 22.5. The number of nitrogens with zero attached hydrogens (tertiary/aromatic N) is 2. The van der Waals surface area contributed by atoms with E-state index in [0.717, 1.165) is 19.5 Å². The molecule has 0 aliphatic carbocycles. The molecule has 1 fully saturated rings. The Hall–Kier alpha value is -1.03. The van der Waals surface area contributed by atoms with Gasteiger partial charge in [0.1, 0.15) is 5.76 Å². The molecule has 0 aromatic heterocycles. The number of hydrogen-bond donors (Lipinski definition) is 2. The third kappa shape index (κ3) is 8.24. The van der Waals surface area contributed by atoms with Gasteiger partial charge in [0, 0.05) is 19.5 Å². The highest BCUT2D eigenvalue weighted by Gasteiger charge is 2.52. The fraction of sp³-hybridized carbons (Fsp3) is 0.800. The highest BCUT2D eigenvalue weighted by atomic mass is 32.2. The van der Waals surface area contributed by atoms with Gasteiger partial charge < -0.3 is 33.2 Å². The van der Waals surface area contributed by atoms with E-state index in [1.165, 1.54) is 18.4 Å². The van der Waals surface area contributed by atoms with E-state index in [1.54, 1.807) is 11.6 Å². The number of rotatable bonds is 5. The zero-order valence-corrected chi connectivity index (χ0v) is 21.8. The molecule has 3 rings (SSSR count).